The Morgan fingerprint density at radius 3 is 1.28 bits per heavy atom. The number of hydrogen-bond acceptors (Lipinski definition) is 6. The minimum Gasteiger partial charge on any atom is -0.444 e. The normalized spacial score (nSPS) is 11.3. The van der Waals surface area contributed by atoms with Gasteiger partial charge in [-0.1, -0.05) is 0 Å². The number of carbonyl (C=O) groups excluding carboxylic acids is 4. The zero-order chi connectivity index (χ0) is 22.8. The molecule has 0 aromatic rings. The number of nitrogens with zero attached hydrogens (tertiary/aromatic N) is 2. The Labute approximate surface area is 173 Å². The summed E-state index contributed by atoms with van der Waals surface area (Å²) in [6.45, 7) is 10.9. The first-order valence-corrected chi connectivity index (χ1v) is 9.52. The molecule has 0 unspecified atom stereocenters. The summed E-state index contributed by atoms with van der Waals surface area (Å²) in [7, 11) is 3.23. The maximum atomic E-state index is 12.0. The van der Waals surface area contributed by atoms with E-state index in [1.807, 2.05) is 0 Å². The van der Waals surface area contributed by atoms with Crippen LogP contribution in [-0.2, 0) is 19.1 Å². The Morgan fingerprint density at radius 1 is 0.690 bits per heavy atom. The van der Waals surface area contributed by atoms with Crippen LogP contribution in [0.3, 0.4) is 0 Å². The molecule has 168 valence electrons. The minimum absolute atomic E-state index is 0.167. The van der Waals surface area contributed by atoms with E-state index < -0.39 is 23.4 Å². The zero-order valence-corrected chi connectivity index (χ0v) is 18.9. The first kappa shape index (κ1) is 26.5. The van der Waals surface area contributed by atoms with Crippen molar-refractivity contribution in [1.29, 1.82) is 0 Å². The molecule has 0 aromatic heterocycles. The van der Waals surface area contributed by atoms with Crippen LogP contribution >= 0.6 is 0 Å². The van der Waals surface area contributed by atoms with Crippen molar-refractivity contribution in [2.75, 3.05) is 40.3 Å². The maximum Gasteiger partial charge on any atom is 0.408 e. The highest BCUT2D eigenvalue weighted by molar-refractivity contribution is 5.82. The summed E-state index contributed by atoms with van der Waals surface area (Å²) >= 11 is 0. The van der Waals surface area contributed by atoms with E-state index in [0.717, 1.165) is 0 Å². The molecule has 0 spiro atoms. The van der Waals surface area contributed by atoms with Gasteiger partial charge in [-0.25, -0.2) is 9.59 Å². The van der Waals surface area contributed by atoms with Gasteiger partial charge in [0.15, 0.2) is 0 Å². The predicted molar refractivity (Wildman–Crippen MR) is 108 cm³/mol. The molecule has 0 atom stereocenters. The summed E-state index contributed by atoms with van der Waals surface area (Å²) in [5.41, 5.74) is -1.26. The molecule has 0 saturated heterocycles. The Balaban J connectivity index is 4.11. The molecular weight excluding hydrogens is 380 g/mol. The minimum atomic E-state index is -0.651. The smallest absolute Gasteiger partial charge is 0.408 e. The second-order valence-electron chi connectivity index (χ2n) is 8.70. The molecule has 29 heavy (non-hydrogen) atoms. The van der Waals surface area contributed by atoms with E-state index in [9.17, 15) is 19.2 Å². The lowest BCUT2D eigenvalue weighted by molar-refractivity contribution is -0.129. The summed E-state index contributed by atoms with van der Waals surface area (Å²) in [4.78, 5) is 50.1. The molecule has 0 fully saturated rings. The topological polar surface area (TPSA) is 117 Å². The van der Waals surface area contributed by atoms with Crippen LogP contribution in [0.4, 0.5) is 9.59 Å². The Morgan fingerprint density at radius 2 is 1.00 bits per heavy atom. The van der Waals surface area contributed by atoms with Crippen LogP contribution in [0.5, 0.6) is 0 Å². The SMILES string of the molecule is CN(CCCN(C)C(=O)CNC(=O)OC(C)(C)C)C(=O)CNC(=O)OC(C)(C)C. The molecular formula is C19H36N4O6. The van der Waals surface area contributed by atoms with Crippen LogP contribution in [0.1, 0.15) is 48.0 Å². The quantitative estimate of drug-likeness (QED) is 0.617. The molecule has 0 aliphatic heterocycles. The highest BCUT2D eigenvalue weighted by Crippen LogP contribution is 2.07. The lowest BCUT2D eigenvalue weighted by atomic mass is 10.2. The number of likely N-dealkylation sites (N-methyl/N-ethyl adjacent to an activating group) is 2. The molecule has 10 nitrogen and oxygen atoms in total. The fourth-order valence-corrected chi connectivity index (χ4v) is 1.99. The zero-order valence-electron chi connectivity index (χ0n) is 18.9. The van der Waals surface area contributed by atoms with Crippen molar-refractivity contribution in [3.63, 3.8) is 0 Å². The number of amides is 4. The molecule has 0 radical (unpaired) electrons. The molecule has 0 aliphatic rings. The fourth-order valence-electron chi connectivity index (χ4n) is 1.99. The van der Waals surface area contributed by atoms with Gasteiger partial charge >= 0.3 is 12.2 Å². The van der Waals surface area contributed by atoms with Crippen LogP contribution in [0, 0.1) is 0 Å². The van der Waals surface area contributed by atoms with E-state index in [1.54, 1.807) is 55.6 Å². The van der Waals surface area contributed by atoms with E-state index in [2.05, 4.69) is 10.6 Å². The third-order valence-electron chi connectivity index (χ3n) is 3.40. The molecule has 4 amide bonds. The van der Waals surface area contributed by atoms with Gasteiger partial charge in [0.2, 0.25) is 11.8 Å². The number of ether oxygens (including phenoxy) is 2. The summed E-state index contributed by atoms with van der Waals surface area (Å²) in [6.07, 6.45) is -0.757. The third kappa shape index (κ3) is 14.2. The van der Waals surface area contributed by atoms with Crippen molar-refractivity contribution in [3.8, 4) is 0 Å². The second-order valence-corrected chi connectivity index (χ2v) is 8.70. The van der Waals surface area contributed by atoms with Gasteiger partial charge in [-0.3, -0.25) is 9.59 Å². The number of alkyl carbamates (subject to hydrolysis) is 2. The second kappa shape index (κ2) is 11.5. The summed E-state index contributed by atoms with van der Waals surface area (Å²) in [5, 5.41) is 4.82. The van der Waals surface area contributed by atoms with Gasteiger partial charge in [0.1, 0.15) is 24.3 Å². The molecule has 0 rings (SSSR count). The monoisotopic (exact) mass is 416 g/mol. The van der Waals surface area contributed by atoms with Crippen LogP contribution < -0.4 is 10.6 Å². The maximum absolute atomic E-state index is 12.0. The van der Waals surface area contributed by atoms with E-state index >= 15 is 0 Å². The summed E-state index contributed by atoms with van der Waals surface area (Å²) in [6, 6.07) is 0. The Kier molecular flexibility index (Phi) is 10.5. The van der Waals surface area contributed by atoms with Gasteiger partial charge in [-0.05, 0) is 48.0 Å². The van der Waals surface area contributed by atoms with Crippen LogP contribution in [0.25, 0.3) is 0 Å². The predicted octanol–water partition coefficient (Wildman–Crippen LogP) is 1.34. The summed E-state index contributed by atoms with van der Waals surface area (Å²) < 4.78 is 10.1. The molecule has 0 aromatic carbocycles. The van der Waals surface area contributed by atoms with Crippen molar-refractivity contribution >= 4 is 24.0 Å². The molecule has 0 aliphatic carbocycles. The van der Waals surface area contributed by atoms with Gasteiger partial charge in [0.05, 0.1) is 0 Å². The summed E-state index contributed by atoms with van der Waals surface area (Å²) in [5.74, 6) is -0.534. The highest BCUT2D eigenvalue weighted by atomic mass is 16.6. The average molecular weight is 417 g/mol. The van der Waals surface area contributed by atoms with E-state index in [4.69, 9.17) is 9.47 Å². The lowest BCUT2D eigenvalue weighted by Gasteiger charge is -2.23. The van der Waals surface area contributed by atoms with Crippen LogP contribution in [-0.4, -0.2) is 85.3 Å². The Hall–Kier alpha value is -2.52. The van der Waals surface area contributed by atoms with Crippen molar-refractivity contribution in [3.05, 3.63) is 0 Å². The Bertz CT molecular complexity index is 530. The standard InChI is InChI=1S/C19H36N4O6/c1-18(2,3)28-16(26)20-12-14(24)22(7)10-9-11-23(8)15(25)13-21-17(27)29-19(4,5)6/h9-13H2,1-8H3,(H,20,26)(H,21,27). The van der Waals surface area contributed by atoms with E-state index in [0.29, 0.717) is 19.5 Å². The van der Waals surface area contributed by atoms with Gasteiger partial charge in [0.25, 0.3) is 0 Å². The van der Waals surface area contributed by atoms with Gasteiger partial charge in [-0.2, -0.15) is 0 Å². The number of nitrogens with one attached hydrogen (secondary N) is 2. The van der Waals surface area contributed by atoms with E-state index in [-0.39, 0.29) is 24.9 Å². The van der Waals surface area contributed by atoms with Crippen LogP contribution in [0.15, 0.2) is 0 Å². The first-order chi connectivity index (χ1) is 13.1. The van der Waals surface area contributed by atoms with E-state index in [1.165, 1.54) is 9.80 Å². The van der Waals surface area contributed by atoms with Gasteiger partial charge < -0.3 is 29.9 Å². The van der Waals surface area contributed by atoms with Crippen molar-refractivity contribution in [1.82, 2.24) is 20.4 Å². The van der Waals surface area contributed by atoms with Crippen molar-refractivity contribution in [2.45, 2.75) is 59.2 Å². The molecule has 10 heteroatoms. The highest BCUT2D eigenvalue weighted by Gasteiger charge is 2.19. The largest absolute Gasteiger partial charge is 0.444 e. The number of rotatable bonds is 8. The van der Waals surface area contributed by atoms with Gasteiger partial charge in [0, 0.05) is 27.2 Å². The van der Waals surface area contributed by atoms with Gasteiger partial charge in [-0.15, -0.1) is 0 Å². The van der Waals surface area contributed by atoms with Crippen molar-refractivity contribution < 1.29 is 28.7 Å². The fraction of sp³-hybridized carbons (Fsp3) is 0.789. The number of carbonyl (C=O) groups is 4. The van der Waals surface area contributed by atoms with Crippen LogP contribution in [0.2, 0.25) is 0 Å². The molecule has 0 bridgehead atoms. The lowest BCUT2D eigenvalue weighted by Crippen LogP contribution is -2.42. The first-order valence-electron chi connectivity index (χ1n) is 9.52. The number of hydrogen-bond donors (Lipinski definition) is 2. The molecule has 0 saturated carbocycles. The average Bonchev–Trinajstić information content (AvgIpc) is 2.54. The third-order valence-corrected chi connectivity index (χ3v) is 3.40. The van der Waals surface area contributed by atoms with Crippen molar-refractivity contribution in [2.24, 2.45) is 0 Å². The molecule has 0 heterocycles. The molecule has 2 N–H and O–H groups in total.